The Balaban J connectivity index is 2.03. The number of nitrogens with zero attached hydrogens (tertiary/aromatic N) is 1. The number of hydrogen-bond acceptors (Lipinski definition) is 2. The van der Waals surface area contributed by atoms with E-state index in [1.54, 1.807) is 0 Å². The van der Waals surface area contributed by atoms with Gasteiger partial charge in [-0.3, -0.25) is 4.79 Å². The van der Waals surface area contributed by atoms with E-state index in [1.807, 2.05) is 4.90 Å². The van der Waals surface area contributed by atoms with Gasteiger partial charge < -0.3 is 15.3 Å². The van der Waals surface area contributed by atoms with E-state index in [9.17, 15) is 9.59 Å². The van der Waals surface area contributed by atoms with Gasteiger partial charge in [0.15, 0.2) is 0 Å². The molecule has 1 aliphatic heterocycles. The van der Waals surface area contributed by atoms with E-state index >= 15 is 0 Å². The Morgan fingerprint density at radius 1 is 1.21 bits per heavy atom. The molecular formula is C14H26N2O3. The molecule has 5 heteroatoms. The van der Waals surface area contributed by atoms with Crippen molar-refractivity contribution in [2.24, 2.45) is 5.92 Å². The van der Waals surface area contributed by atoms with Gasteiger partial charge in [-0.25, -0.2) is 4.79 Å². The molecule has 0 aromatic heterocycles. The average molecular weight is 270 g/mol. The number of urea groups is 1. The average Bonchev–Trinajstić information content (AvgIpc) is 2.42. The normalized spacial score (nSPS) is 16.4. The van der Waals surface area contributed by atoms with Gasteiger partial charge in [0.05, 0.1) is 0 Å². The maximum atomic E-state index is 11.9. The third-order valence-corrected chi connectivity index (χ3v) is 3.82. The van der Waals surface area contributed by atoms with E-state index in [2.05, 4.69) is 12.2 Å². The first-order valence-corrected chi connectivity index (χ1v) is 7.38. The van der Waals surface area contributed by atoms with Crippen LogP contribution in [0.5, 0.6) is 0 Å². The lowest BCUT2D eigenvalue weighted by molar-refractivity contribution is -0.137. The van der Waals surface area contributed by atoms with Crippen LogP contribution < -0.4 is 5.32 Å². The molecule has 1 fully saturated rings. The predicted octanol–water partition coefficient (Wildman–Crippen LogP) is 2.46. The topological polar surface area (TPSA) is 69.6 Å². The van der Waals surface area contributed by atoms with E-state index in [0.29, 0.717) is 13.0 Å². The summed E-state index contributed by atoms with van der Waals surface area (Å²) in [5.74, 6) is 0.0305. The zero-order valence-corrected chi connectivity index (χ0v) is 11.9. The second-order valence-corrected chi connectivity index (χ2v) is 5.28. The maximum Gasteiger partial charge on any atom is 0.317 e. The summed E-state index contributed by atoms with van der Waals surface area (Å²) in [6, 6.07) is 0.0350. The SMILES string of the molecule is CCC1CCN(C(=O)NCCCCCC(=O)O)CC1. The molecule has 0 unspecified atom stereocenters. The highest BCUT2D eigenvalue weighted by atomic mass is 16.4. The first-order valence-electron chi connectivity index (χ1n) is 7.38. The highest BCUT2D eigenvalue weighted by molar-refractivity contribution is 5.74. The van der Waals surface area contributed by atoms with Crippen LogP contribution in [-0.4, -0.2) is 41.6 Å². The number of piperidine rings is 1. The van der Waals surface area contributed by atoms with Crippen molar-refractivity contribution in [1.82, 2.24) is 10.2 Å². The van der Waals surface area contributed by atoms with Crippen molar-refractivity contribution in [1.29, 1.82) is 0 Å². The molecule has 0 saturated carbocycles. The van der Waals surface area contributed by atoms with Crippen LogP contribution in [0.25, 0.3) is 0 Å². The molecule has 19 heavy (non-hydrogen) atoms. The lowest BCUT2D eigenvalue weighted by atomic mass is 9.95. The van der Waals surface area contributed by atoms with Gasteiger partial charge in [-0.05, 0) is 31.6 Å². The summed E-state index contributed by atoms with van der Waals surface area (Å²) in [6.07, 6.45) is 6.05. The highest BCUT2D eigenvalue weighted by Gasteiger charge is 2.21. The Kier molecular flexibility index (Phi) is 7.30. The van der Waals surface area contributed by atoms with E-state index in [1.165, 1.54) is 6.42 Å². The smallest absolute Gasteiger partial charge is 0.317 e. The van der Waals surface area contributed by atoms with Crippen LogP contribution in [0.3, 0.4) is 0 Å². The Bertz CT molecular complexity index is 286. The third kappa shape index (κ3) is 6.45. The van der Waals surface area contributed by atoms with Crippen LogP contribution in [0.1, 0.15) is 51.9 Å². The standard InChI is InChI=1S/C14H26N2O3/c1-2-12-7-10-16(11-8-12)14(19)15-9-5-3-4-6-13(17)18/h12H,2-11H2,1H3,(H,15,19)(H,17,18). The lowest BCUT2D eigenvalue weighted by Gasteiger charge is -2.31. The fraction of sp³-hybridized carbons (Fsp3) is 0.857. The number of likely N-dealkylation sites (tertiary alicyclic amines) is 1. The molecule has 2 N–H and O–H groups in total. The fourth-order valence-electron chi connectivity index (χ4n) is 2.43. The Morgan fingerprint density at radius 3 is 2.47 bits per heavy atom. The van der Waals surface area contributed by atoms with Gasteiger partial charge in [-0.2, -0.15) is 0 Å². The van der Waals surface area contributed by atoms with Crippen LogP contribution in [0, 0.1) is 5.92 Å². The van der Waals surface area contributed by atoms with Gasteiger partial charge in [-0.1, -0.05) is 19.8 Å². The third-order valence-electron chi connectivity index (χ3n) is 3.82. The predicted molar refractivity (Wildman–Crippen MR) is 74.1 cm³/mol. The Labute approximate surface area is 115 Å². The maximum absolute atomic E-state index is 11.9. The quantitative estimate of drug-likeness (QED) is 0.698. The molecule has 1 saturated heterocycles. The molecule has 0 aromatic carbocycles. The molecule has 110 valence electrons. The largest absolute Gasteiger partial charge is 0.481 e. The van der Waals surface area contributed by atoms with E-state index in [-0.39, 0.29) is 12.5 Å². The molecule has 1 rings (SSSR count). The van der Waals surface area contributed by atoms with Gasteiger partial charge in [0, 0.05) is 26.1 Å². The van der Waals surface area contributed by atoms with Crippen molar-refractivity contribution < 1.29 is 14.7 Å². The lowest BCUT2D eigenvalue weighted by Crippen LogP contribution is -2.44. The molecule has 0 atom stereocenters. The highest BCUT2D eigenvalue weighted by Crippen LogP contribution is 2.19. The zero-order valence-electron chi connectivity index (χ0n) is 11.9. The number of carboxylic acid groups (broad SMARTS) is 1. The number of amides is 2. The summed E-state index contributed by atoms with van der Waals surface area (Å²) < 4.78 is 0. The molecular weight excluding hydrogens is 244 g/mol. The number of carboxylic acids is 1. The summed E-state index contributed by atoms with van der Waals surface area (Å²) in [5, 5.41) is 11.4. The van der Waals surface area contributed by atoms with Crippen LogP contribution >= 0.6 is 0 Å². The van der Waals surface area contributed by atoms with Crippen molar-refractivity contribution in [2.45, 2.75) is 51.9 Å². The number of nitrogens with one attached hydrogen (secondary N) is 1. The summed E-state index contributed by atoms with van der Waals surface area (Å²) in [6.45, 7) is 4.58. The minimum atomic E-state index is -0.747. The summed E-state index contributed by atoms with van der Waals surface area (Å²) in [5.41, 5.74) is 0. The number of aliphatic carboxylic acids is 1. The first-order chi connectivity index (χ1) is 9.13. The van der Waals surface area contributed by atoms with Crippen LogP contribution in [0.2, 0.25) is 0 Å². The number of hydrogen-bond donors (Lipinski definition) is 2. The summed E-state index contributed by atoms with van der Waals surface area (Å²) >= 11 is 0. The van der Waals surface area contributed by atoms with Gasteiger partial charge >= 0.3 is 12.0 Å². The molecule has 0 bridgehead atoms. The van der Waals surface area contributed by atoms with E-state index in [0.717, 1.165) is 44.7 Å². The second kappa shape index (κ2) is 8.77. The van der Waals surface area contributed by atoms with Gasteiger partial charge in [0.1, 0.15) is 0 Å². The van der Waals surface area contributed by atoms with E-state index < -0.39 is 5.97 Å². The molecule has 1 aliphatic rings. The summed E-state index contributed by atoms with van der Waals surface area (Å²) in [7, 11) is 0. The van der Waals surface area contributed by atoms with Crippen LogP contribution in [-0.2, 0) is 4.79 Å². The summed E-state index contributed by atoms with van der Waals surface area (Å²) in [4.78, 5) is 24.1. The van der Waals surface area contributed by atoms with Crippen LogP contribution in [0.4, 0.5) is 4.79 Å². The van der Waals surface area contributed by atoms with Gasteiger partial charge in [-0.15, -0.1) is 0 Å². The van der Waals surface area contributed by atoms with Crippen molar-refractivity contribution >= 4 is 12.0 Å². The molecule has 0 radical (unpaired) electrons. The molecule has 0 spiro atoms. The van der Waals surface area contributed by atoms with Gasteiger partial charge in [0.25, 0.3) is 0 Å². The van der Waals surface area contributed by atoms with Crippen molar-refractivity contribution in [3.8, 4) is 0 Å². The molecule has 0 aromatic rings. The monoisotopic (exact) mass is 270 g/mol. The van der Waals surface area contributed by atoms with Crippen LogP contribution in [0.15, 0.2) is 0 Å². The molecule has 1 heterocycles. The zero-order chi connectivity index (χ0) is 14.1. The second-order valence-electron chi connectivity index (χ2n) is 5.28. The minimum Gasteiger partial charge on any atom is -0.481 e. The first kappa shape index (κ1) is 15.8. The number of unbranched alkanes of at least 4 members (excludes halogenated alkanes) is 2. The fourth-order valence-corrected chi connectivity index (χ4v) is 2.43. The van der Waals surface area contributed by atoms with Gasteiger partial charge in [0.2, 0.25) is 0 Å². The van der Waals surface area contributed by atoms with Crippen molar-refractivity contribution in [3.05, 3.63) is 0 Å². The molecule has 2 amide bonds. The molecule has 5 nitrogen and oxygen atoms in total. The van der Waals surface area contributed by atoms with Crippen molar-refractivity contribution in [2.75, 3.05) is 19.6 Å². The Hall–Kier alpha value is -1.26. The number of rotatable bonds is 7. The van der Waals surface area contributed by atoms with E-state index in [4.69, 9.17) is 5.11 Å². The van der Waals surface area contributed by atoms with Crippen molar-refractivity contribution in [3.63, 3.8) is 0 Å². The molecule has 0 aliphatic carbocycles. The minimum absolute atomic E-state index is 0.0350. The number of carbonyl (C=O) groups excluding carboxylic acids is 1. The number of carbonyl (C=O) groups is 2. The Morgan fingerprint density at radius 2 is 1.89 bits per heavy atom.